The smallest absolute Gasteiger partial charge is 0.278 e. The second-order valence-electron chi connectivity index (χ2n) is 7.80. The number of fused-ring (bicyclic) bond motifs is 1. The summed E-state index contributed by atoms with van der Waals surface area (Å²) in [4.78, 5) is 32.5. The van der Waals surface area contributed by atoms with Gasteiger partial charge < -0.3 is 10.1 Å². The van der Waals surface area contributed by atoms with Crippen molar-refractivity contribution in [1.29, 1.82) is 0 Å². The van der Waals surface area contributed by atoms with E-state index >= 15 is 0 Å². The Labute approximate surface area is 192 Å². The van der Waals surface area contributed by atoms with E-state index in [0.29, 0.717) is 23.6 Å². The van der Waals surface area contributed by atoms with Gasteiger partial charge >= 0.3 is 0 Å². The molecule has 6 nitrogen and oxygen atoms in total. The molecule has 1 aromatic heterocycles. The maximum Gasteiger partial charge on any atom is 0.278 e. The lowest BCUT2D eigenvalue weighted by atomic mass is 10.1. The van der Waals surface area contributed by atoms with Gasteiger partial charge in [0, 0.05) is 17.8 Å². The molecule has 1 aliphatic rings. The molecule has 0 radical (unpaired) electrons. The van der Waals surface area contributed by atoms with Crippen LogP contribution in [0.2, 0.25) is 0 Å². The first-order valence-electron chi connectivity index (χ1n) is 10.9. The highest BCUT2D eigenvalue weighted by Gasteiger charge is 2.35. The number of hydrogen-bond acceptors (Lipinski definition) is 5. The first-order chi connectivity index (χ1) is 15.6. The summed E-state index contributed by atoms with van der Waals surface area (Å²) in [5, 5.41) is 5.70. The number of nitrogens with one attached hydrogen (secondary N) is 1. The molecule has 4 rings (SSSR count). The maximum absolute atomic E-state index is 13.4. The van der Waals surface area contributed by atoms with Gasteiger partial charge in [-0.15, -0.1) is 11.3 Å². The molecule has 0 saturated carbocycles. The van der Waals surface area contributed by atoms with E-state index in [1.807, 2.05) is 62.4 Å². The Hall–Kier alpha value is -3.19. The van der Waals surface area contributed by atoms with E-state index in [1.165, 1.54) is 11.3 Å². The van der Waals surface area contributed by atoms with Gasteiger partial charge in [-0.3, -0.25) is 14.5 Å². The van der Waals surface area contributed by atoms with Gasteiger partial charge in [-0.2, -0.15) is 0 Å². The third-order valence-electron chi connectivity index (χ3n) is 5.61. The molecular formula is C25H27N3O3S. The van der Waals surface area contributed by atoms with Gasteiger partial charge in [-0.25, -0.2) is 4.98 Å². The summed E-state index contributed by atoms with van der Waals surface area (Å²) < 4.78 is 5.96. The molecule has 1 atom stereocenters. The monoisotopic (exact) mass is 449 g/mol. The number of benzene rings is 2. The van der Waals surface area contributed by atoms with Crippen molar-refractivity contribution >= 4 is 28.8 Å². The summed E-state index contributed by atoms with van der Waals surface area (Å²) in [7, 11) is 0. The highest BCUT2D eigenvalue weighted by atomic mass is 32.1. The highest BCUT2D eigenvalue weighted by molar-refractivity contribution is 7.09. The van der Waals surface area contributed by atoms with Crippen LogP contribution in [-0.2, 0) is 11.2 Å². The largest absolute Gasteiger partial charge is 0.477 e. The number of amides is 2. The van der Waals surface area contributed by atoms with Crippen LogP contribution in [0.4, 0.5) is 5.69 Å². The van der Waals surface area contributed by atoms with E-state index in [9.17, 15) is 9.59 Å². The van der Waals surface area contributed by atoms with Crippen molar-refractivity contribution < 1.29 is 14.3 Å². The van der Waals surface area contributed by atoms with Crippen LogP contribution in [0.5, 0.6) is 5.75 Å². The molecular weight excluding hydrogens is 422 g/mol. The zero-order valence-electron chi connectivity index (χ0n) is 18.3. The predicted octanol–water partition coefficient (Wildman–Crippen LogP) is 4.45. The molecule has 0 fully saturated rings. The average Bonchev–Trinajstić information content (AvgIpc) is 3.30. The standard InChI is InChI=1S/C25H27N3O3S/c1-3-18(4-2)26-24(29)22-15-28(20-12-8-9-13-21(20)31-22)25(30)19-16-32-23(27-19)14-17-10-6-5-7-11-17/h5-13,16,18,22H,3-4,14-15H2,1-2H3,(H,26,29). The number of para-hydroxylation sites is 2. The van der Waals surface area contributed by atoms with E-state index < -0.39 is 6.10 Å². The fourth-order valence-electron chi connectivity index (χ4n) is 3.75. The van der Waals surface area contributed by atoms with E-state index in [1.54, 1.807) is 16.3 Å². The molecule has 1 N–H and O–H groups in total. The van der Waals surface area contributed by atoms with E-state index in [0.717, 1.165) is 23.4 Å². The number of hydrogen-bond donors (Lipinski definition) is 1. The van der Waals surface area contributed by atoms with Gasteiger partial charge in [0.15, 0.2) is 6.10 Å². The van der Waals surface area contributed by atoms with Crippen LogP contribution in [0.1, 0.15) is 47.7 Å². The molecule has 0 saturated heterocycles. The van der Waals surface area contributed by atoms with Crippen LogP contribution in [-0.4, -0.2) is 35.5 Å². The Kier molecular flexibility index (Phi) is 6.85. The first kappa shape index (κ1) is 22.0. The molecule has 0 spiro atoms. The van der Waals surface area contributed by atoms with Crippen molar-refractivity contribution in [3.05, 3.63) is 76.2 Å². The van der Waals surface area contributed by atoms with Crippen LogP contribution in [0.3, 0.4) is 0 Å². The van der Waals surface area contributed by atoms with Crippen molar-refractivity contribution in [2.45, 2.75) is 45.3 Å². The SMILES string of the molecule is CCC(CC)NC(=O)C1CN(C(=O)c2csc(Cc3ccccc3)n2)c2ccccc2O1. The van der Waals surface area contributed by atoms with Crippen LogP contribution in [0.25, 0.3) is 0 Å². The first-order valence-corrected chi connectivity index (χ1v) is 11.8. The van der Waals surface area contributed by atoms with Crippen molar-refractivity contribution in [2.75, 3.05) is 11.4 Å². The quantitative estimate of drug-likeness (QED) is 0.579. The maximum atomic E-state index is 13.4. The molecule has 3 aromatic rings. The summed E-state index contributed by atoms with van der Waals surface area (Å²) in [5.41, 5.74) is 2.19. The predicted molar refractivity (Wildman–Crippen MR) is 126 cm³/mol. The minimum absolute atomic E-state index is 0.0894. The molecule has 2 amide bonds. The molecule has 0 bridgehead atoms. The van der Waals surface area contributed by atoms with Gasteiger partial charge in [0.05, 0.1) is 17.2 Å². The van der Waals surface area contributed by atoms with Gasteiger partial charge in [0.2, 0.25) is 0 Å². The second kappa shape index (κ2) is 9.96. The molecule has 1 unspecified atom stereocenters. The van der Waals surface area contributed by atoms with Crippen LogP contribution < -0.4 is 15.0 Å². The molecule has 166 valence electrons. The van der Waals surface area contributed by atoms with Crippen molar-refractivity contribution in [3.63, 3.8) is 0 Å². The Morgan fingerprint density at radius 1 is 1.12 bits per heavy atom. The molecule has 1 aliphatic heterocycles. The van der Waals surface area contributed by atoms with Gasteiger partial charge in [0.25, 0.3) is 11.8 Å². The summed E-state index contributed by atoms with van der Waals surface area (Å²) in [6.45, 7) is 4.22. The number of ether oxygens (including phenoxy) is 1. The lowest BCUT2D eigenvalue weighted by Crippen LogP contribution is -2.52. The number of carbonyl (C=O) groups is 2. The average molecular weight is 450 g/mol. The third kappa shape index (κ3) is 4.83. The fraction of sp³-hybridized carbons (Fsp3) is 0.320. The summed E-state index contributed by atoms with van der Waals surface area (Å²) >= 11 is 1.47. The van der Waals surface area contributed by atoms with Gasteiger partial charge in [-0.05, 0) is 30.5 Å². The summed E-state index contributed by atoms with van der Waals surface area (Å²) in [6.07, 6.45) is 1.60. The van der Waals surface area contributed by atoms with Crippen molar-refractivity contribution in [2.24, 2.45) is 0 Å². The topological polar surface area (TPSA) is 71.5 Å². The van der Waals surface area contributed by atoms with Crippen molar-refractivity contribution in [3.8, 4) is 5.75 Å². The third-order valence-corrected chi connectivity index (χ3v) is 6.46. The van der Waals surface area contributed by atoms with Crippen LogP contribution in [0, 0.1) is 0 Å². The molecule has 7 heteroatoms. The lowest BCUT2D eigenvalue weighted by molar-refractivity contribution is -0.128. The second-order valence-corrected chi connectivity index (χ2v) is 8.74. The van der Waals surface area contributed by atoms with E-state index in [-0.39, 0.29) is 24.4 Å². The number of thiazole rings is 1. The van der Waals surface area contributed by atoms with Crippen molar-refractivity contribution in [1.82, 2.24) is 10.3 Å². The normalized spacial score (nSPS) is 15.2. The molecule has 0 aliphatic carbocycles. The number of aromatic nitrogens is 1. The fourth-order valence-corrected chi connectivity index (χ4v) is 4.55. The zero-order chi connectivity index (χ0) is 22.5. The lowest BCUT2D eigenvalue weighted by Gasteiger charge is -2.34. The Bertz CT molecular complexity index is 1080. The summed E-state index contributed by atoms with van der Waals surface area (Å²) in [6, 6.07) is 17.5. The molecule has 2 heterocycles. The number of nitrogens with zero attached hydrogens (tertiary/aromatic N) is 2. The van der Waals surface area contributed by atoms with Gasteiger partial charge in [0.1, 0.15) is 11.4 Å². The van der Waals surface area contributed by atoms with Crippen LogP contribution in [0.15, 0.2) is 60.0 Å². The van der Waals surface area contributed by atoms with E-state index in [2.05, 4.69) is 10.3 Å². The Morgan fingerprint density at radius 3 is 2.59 bits per heavy atom. The van der Waals surface area contributed by atoms with E-state index in [4.69, 9.17) is 4.74 Å². The molecule has 32 heavy (non-hydrogen) atoms. The van der Waals surface area contributed by atoms with Crippen LogP contribution >= 0.6 is 11.3 Å². The van der Waals surface area contributed by atoms with Gasteiger partial charge in [-0.1, -0.05) is 56.3 Å². The minimum atomic E-state index is -0.767. The molecule has 2 aromatic carbocycles. The number of anilines is 1. The Morgan fingerprint density at radius 2 is 1.84 bits per heavy atom. The number of carbonyl (C=O) groups excluding carboxylic acids is 2. The minimum Gasteiger partial charge on any atom is -0.477 e. The highest BCUT2D eigenvalue weighted by Crippen LogP contribution is 2.34. The number of rotatable bonds is 7. The Balaban J connectivity index is 1.55. The summed E-state index contributed by atoms with van der Waals surface area (Å²) in [5.74, 6) is 0.0993. The zero-order valence-corrected chi connectivity index (χ0v) is 19.1.